The van der Waals surface area contributed by atoms with Gasteiger partial charge in [0.1, 0.15) is 17.4 Å². The zero-order chi connectivity index (χ0) is 16.8. The summed E-state index contributed by atoms with van der Waals surface area (Å²) in [6.45, 7) is 5.14. The van der Waals surface area contributed by atoms with Gasteiger partial charge < -0.3 is 14.6 Å². The molecule has 0 fully saturated rings. The SMILES string of the molecule is CC(C)C1(C)C(=O)c2c(cc(OCC(=O)[O-])c(Cl)c2Cl)C1Br. The highest BCUT2D eigenvalue weighted by molar-refractivity contribution is 9.09. The molecule has 0 amide bonds. The maximum absolute atomic E-state index is 12.8. The normalized spacial score (nSPS) is 23.8. The van der Waals surface area contributed by atoms with Gasteiger partial charge in [0.15, 0.2) is 5.78 Å². The van der Waals surface area contributed by atoms with Gasteiger partial charge in [0.05, 0.1) is 15.8 Å². The number of Topliss-reactive ketones (excluding diaryl/α,β-unsaturated/α-hetero) is 1. The van der Waals surface area contributed by atoms with Crippen molar-refractivity contribution in [3.8, 4) is 5.75 Å². The van der Waals surface area contributed by atoms with Gasteiger partial charge in [-0.05, 0) is 17.5 Å². The second-order valence-electron chi connectivity index (χ2n) is 5.76. The average molecular weight is 409 g/mol. The molecule has 1 aliphatic carbocycles. The van der Waals surface area contributed by atoms with Crippen molar-refractivity contribution in [2.75, 3.05) is 6.61 Å². The van der Waals surface area contributed by atoms with Gasteiger partial charge in [-0.25, -0.2) is 0 Å². The molecule has 7 heteroatoms. The molecule has 2 atom stereocenters. The van der Waals surface area contributed by atoms with E-state index in [1.54, 1.807) is 6.07 Å². The Hall–Kier alpha value is -0.780. The van der Waals surface area contributed by atoms with Gasteiger partial charge in [0.2, 0.25) is 0 Å². The summed E-state index contributed by atoms with van der Waals surface area (Å²) in [5, 5.41) is 10.7. The lowest BCUT2D eigenvalue weighted by Crippen LogP contribution is -2.31. The third-order valence-electron chi connectivity index (χ3n) is 4.26. The minimum atomic E-state index is -1.37. The van der Waals surface area contributed by atoms with Crippen LogP contribution in [0, 0.1) is 11.3 Å². The number of ketones is 1. The van der Waals surface area contributed by atoms with E-state index >= 15 is 0 Å². The largest absolute Gasteiger partial charge is 0.546 e. The Morgan fingerprint density at radius 1 is 1.45 bits per heavy atom. The van der Waals surface area contributed by atoms with Crippen molar-refractivity contribution in [3.05, 3.63) is 27.2 Å². The molecule has 0 bridgehead atoms. The molecule has 0 spiro atoms. The molecular weight excluding hydrogens is 395 g/mol. The van der Waals surface area contributed by atoms with Crippen LogP contribution in [-0.2, 0) is 4.79 Å². The fraction of sp³-hybridized carbons (Fsp3) is 0.467. The summed E-state index contributed by atoms with van der Waals surface area (Å²) in [6.07, 6.45) is 0. The second kappa shape index (κ2) is 6.02. The first-order chi connectivity index (χ1) is 10.1. The number of carboxylic acid groups (broad SMARTS) is 1. The topological polar surface area (TPSA) is 66.4 Å². The number of rotatable bonds is 4. The van der Waals surface area contributed by atoms with E-state index in [4.69, 9.17) is 27.9 Å². The van der Waals surface area contributed by atoms with Gasteiger partial charge in [-0.3, -0.25) is 4.79 Å². The van der Waals surface area contributed by atoms with Crippen LogP contribution < -0.4 is 9.84 Å². The van der Waals surface area contributed by atoms with Crippen LogP contribution in [0.3, 0.4) is 0 Å². The van der Waals surface area contributed by atoms with Crippen LogP contribution >= 0.6 is 39.1 Å². The zero-order valence-electron chi connectivity index (χ0n) is 12.2. The summed E-state index contributed by atoms with van der Waals surface area (Å²) in [7, 11) is 0. The summed E-state index contributed by atoms with van der Waals surface area (Å²) < 4.78 is 5.11. The number of aliphatic carboxylic acids is 1. The molecule has 1 aliphatic rings. The lowest BCUT2D eigenvalue weighted by molar-refractivity contribution is -0.307. The number of alkyl halides is 1. The van der Waals surface area contributed by atoms with Gasteiger partial charge >= 0.3 is 0 Å². The highest BCUT2D eigenvalue weighted by Crippen LogP contribution is 2.58. The summed E-state index contributed by atoms with van der Waals surface area (Å²) in [6, 6.07) is 1.57. The van der Waals surface area contributed by atoms with E-state index in [1.165, 1.54) is 0 Å². The number of hydrogen-bond acceptors (Lipinski definition) is 4. The van der Waals surface area contributed by atoms with Crippen LogP contribution in [0.4, 0.5) is 0 Å². The lowest BCUT2D eigenvalue weighted by atomic mass is 9.76. The summed E-state index contributed by atoms with van der Waals surface area (Å²) in [5.41, 5.74) is 0.358. The quantitative estimate of drug-likeness (QED) is 0.716. The number of hydrogen-bond donors (Lipinski definition) is 0. The standard InChI is InChI=1S/C15H15BrCl2O4/c1-6(2)15(3)13(16)7-4-8(22-5-9(19)20)11(17)12(18)10(7)14(15)21/h4,6,13H,5H2,1-3H3,(H,19,20)/p-1. The summed E-state index contributed by atoms with van der Waals surface area (Å²) >= 11 is 15.9. The van der Waals surface area contributed by atoms with E-state index in [0.717, 1.165) is 0 Å². The van der Waals surface area contributed by atoms with Crippen molar-refractivity contribution < 1.29 is 19.4 Å². The molecule has 22 heavy (non-hydrogen) atoms. The molecular formula is C15H14BrCl2O4-. The molecule has 1 aromatic rings. The van der Waals surface area contributed by atoms with Crippen molar-refractivity contribution in [2.24, 2.45) is 11.3 Å². The molecule has 0 aliphatic heterocycles. The van der Waals surface area contributed by atoms with Crippen molar-refractivity contribution in [1.82, 2.24) is 0 Å². The lowest BCUT2D eigenvalue weighted by Gasteiger charge is -2.30. The number of halogens is 3. The van der Waals surface area contributed by atoms with Crippen molar-refractivity contribution in [3.63, 3.8) is 0 Å². The molecule has 0 saturated carbocycles. The van der Waals surface area contributed by atoms with Crippen LogP contribution in [0.1, 0.15) is 41.5 Å². The van der Waals surface area contributed by atoms with Crippen LogP contribution in [0.2, 0.25) is 10.0 Å². The zero-order valence-corrected chi connectivity index (χ0v) is 15.3. The number of carbonyl (C=O) groups is 2. The van der Waals surface area contributed by atoms with E-state index in [2.05, 4.69) is 15.9 Å². The van der Waals surface area contributed by atoms with E-state index in [9.17, 15) is 14.7 Å². The minimum absolute atomic E-state index is 0.0303. The van der Waals surface area contributed by atoms with Crippen LogP contribution in [0.5, 0.6) is 5.75 Å². The fourth-order valence-corrected chi connectivity index (χ4v) is 4.15. The first-order valence-corrected chi connectivity index (χ1v) is 8.32. The molecule has 2 rings (SSSR count). The number of carbonyl (C=O) groups excluding carboxylic acids is 2. The predicted octanol–water partition coefficient (Wildman–Crippen LogP) is 3.42. The molecule has 2 unspecified atom stereocenters. The Balaban J connectivity index is 2.57. The Morgan fingerprint density at radius 2 is 2.05 bits per heavy atom. The molecule has 1 aromatic carbocycles. The third-order valence-corrected chi connectivity index (χ3v) is 6.56. The van der Waals surface area contributed by atoms with E-state index in [1.807, 2.05) is 20.8 Å². The summed E-state index contributed by atoms with van der Waals surface area (Å²) in [4.78, 5) is 23.1. The number of fused-ring (bicyclic) bond motifs is 1. The molecule has 4 nitrogen and oxygen atoms in total. The Labute approximate surface area is 146 Å². The first-order valence-electron chi connectivity index (χ1n) is 6.65. The smallest absolute Gasteiger partial charge is 0.172 e. The number of benzene rings is 1. The average Bonchev–Trinajstić information content (AvgIpc) is 2.63. The maximum Gasteiger partial charge on any atom is 0.172 e. The predicted molar refractivity (Wildman–Crippen MR) is 85.9 cm³/mol. The van der Waals surface area contributed by atoms with Crippen molar-refractivity contribution in [1.29, 1.82) is 0 Å². The molecule has 0 saturated heterocycles. The number of ether oxygens (including phenoxy) is 1. The second-order valence-corrected chi connectivity index (χ2v) is 7.43. The van der Waals surface area contributed by atoms with Gasteiger partial charge in [0.25, 0.3) is 0 Å². The Morgan fingerprint density at radius 3 is 2.55 bits per heavy atom. The Bertz CT molecular complexity index is 659. The molecule has 0 aromatic heterocycles. The third kappa shape index (κ3) is 2.53. The molecule has 0 heterocycles. The van der Waals surface area contributed by atoms with Crippen molar-refractivity contribution in [2.45, 2.75) is 25.6 Å². The number of carboxylic acids is 1. The minimum Gasteiger partial charge on any atom is -0.546 e. The first kappa shape index (κ1) is 17.6. The maximum atomic E-state index is 12.8. The van der Waals surface area contributed by atoms with Crippen LogP contribution in [0.25, 0.3) is 0 Å². The highest BCUT2D eigenvalue weighted by atomic mass is 79.9. The fourth-order valence-electron chi connectivity index (χ4n) is 2.56. The Kier molecular flexibility index (Phi) is 4.81. The van der Waals surface area contributed by atoms with E-state index < -0.39 is 18.0 Å². The van der Waals surface area contributed by atoms with Gasteiger partial charge in [-0.1, -0.05) is 59.9 Å². The van der Waals surface area contributed by atoms with Crippen LogP contribution in [-0.4, -0.2) is 18.4 Å². The summed E-state index contributed by atoms with van der Waals surface area (Å²) in [5.74, 6) is -1.26. The van der Waals surface area contributed by atoms with Gasteiger partial charge in [-0.15, -0.1) is 0 Å². The molecule has 0 radical (unpaired) electrons. The van der Waals surface area contributed by atoms with Gasteiger partial charge in [-0.2, -0.15) is 0 Å². The monoisotopic (exact) mass is 407 g/mol. The molecule has 120 valence electrons. The van der Waals surface area contributed by atoms with E-state index in [-0.39, 0.29) is 32.3 Å². The van der Waals surface area contributed by atoms with Crippen LogP contribution in [0.15, 0.2) is 6.07 Å². The van der Waals surface area contributed by atoms with Crippen molar-refractivity contribution >= 4 is 50.9 Å². The highest BCUT2D eigenvalue weighted by Gasteiger charge is 2.52. The molecule has 0 N–H and O–H groups in total. The van der Waals surface area contributed by atoms with Gasteiger partial charge in [0, 0.05) is 11.0 Å². The van der Waals surface area contributed by atoms with E-state index in [0.29, 0.717) is 11.1 Å².